The minimum absolute atomic E-state index is 0.0163. The number of halogens is 1. The van der Waals surface area contributed by atoms with Crippen molar-refractivity contribution in [2.24, 2.45) is 0 Å². The molecule has 1 aromatic heterocycles. The number of benzene rings is 1. The lowest BCUT2D eigenvalue weighted by molar-refractivity contribution is 0.0677. The third-order valence-electron chi connectivity index (χ3n) is 5.28. The molecule has 2 aliphatic heterocycles. The summed E-state index contributed by atoms with van der Waals surface area (Å²) in [6.07, 6.45) is 2.92. The first-order chi connectivity index (χ1) is 13.7. The Balaban J connectivity index is 1.54. The van der Waals surface area contributed by atoms with Gasteiger partial charge in [0.1, 0.15) is 0 Å². The summed E-state index contributed by atoms with van der Waals surface area (Å²) < 4.78 is 19.5. The molecule has 0 bridgehead atoms. The standard InChI is InChI=1S/C20H23FN4O3/c21-17-12-22-18(23-19(17)24-8-10-28-11-9-24)14-3-5-15(6-4-14)20(27)25-7-1-2-16(25)13-26/h3-6,12,16,26H,1-2,7-11,13H2/t16-/m0/s1. The molecule has 8 heteroatoms. The van der Waals surface area contributed by atoms with Crippen molar-refractivity contribution in [3.8, 4) is 11.4 Å². The number of amides is 1. The number of aliphatic hydroxyl groups excluding tert-OH is 1. The number of nitrogens with zero attached hydrogens (tertiary/aromatic N) is 4. The van der Waals surface area contributed by atoms with Crippen LogP contribution in [-0.4, -0.2) is 71.4 Å². The van der Waals surface area contributed by atoms with E-state index in [0.29, 0.717) is 49.8 Å². The molecular weight excluding hydrogens is 363 g/mol. The van der Waals surface area contributed by atoms with Gasteiger partial charge in [-0.3, -0.25) is 4.79 Å². The molecule has 1 N–H and O–H groups in total. The fraction of sp³-hybridized carbons (Fsp3) is 0.450. The molecule has 28 heavy (non-hydrogen) atoms. The number of hydrogen-bond donors (Lipinski definition) is 1. The van der Waals surface area contributed by atoms with Crippen molar-refractivity contribution in [2.75, 3.05) is 44.4 Å². The van der Waals surface area contributed by atoms with Gasteiger partial charge in [0.25, 0.3) is 5.91 Å². The number of ether oxygens (including phenoxy) is 1. The zero-order chi connectivity index (χ0) is 19.5. The van der Waals surface area contributed by atoms with Gasteiger partial charge in [0.15, 0.2) is 17.5 Å². The highest BCUT2D eigenvalue weighted by atomic mass is 19.1. The van der Waals surface area contributed by atoms with E-state index in [0.717, 1.165) is 12.8 Å². The molecule has 2 saturated heterocycles. The van der Waals surface area contributed by atoms with Gasteiger partial charge >= 0.3 is 0 Å². The molecular formula is C20H23FN4O3. The Hall–Kier alpha value is -2.58. The quantitative estimate of drug-likeness (QED) is 0.862. The fourth-order valence-electron chi connectivity index (χ4n) is 3.71. The number of rotatable bonds is 4. The third-order valence-corrected chi connectivity index (χ3v) is 5.28. The Morgan fingerprint density at radius 1 is 1.21 bits per heavy atom. The van der Waals surface area contributed by atoms with E-state index < -0.39 is 5.82 Å². The summed E-state index contributed by atoms with van der Waals surface area (Å²) in [5.41, 5.74) is 1.27. The molecule has 4 rings (SSSR count). The van der Waals surface area contributed by atoms with E-state index >= 15 is 0 Å². The number of hydrogen-bond acceptors (Lipinski definition) is 6. The number of aromatic nitrogens is 2. The Labute approximate surface area is 162 Å². The van der Waals surface area contributed by atoms with Gasteiger partial charge in [-0.2, -0.15) is 0 Å². The second-order valence-electron chi connectivity index (χ2n) is 7.02. The van der Waals surface area contributed by atoms with Gasteiger partial charge in [0, 0.05) is 30.8 Å². The Kier molecular flexibility index (Phi) is 5.50. The second-order valence-corrected chi connectivity index (χ2v) is 7.02. The van der Waals surface area contributed by atoms with Crippen molar-refractivity contribution in [1.29, 1.82) is 0 Å². The van der Waals surface area contributed by atoms with Crippen molar-refractivity contribution in [3.63, 3.8) is 0 Å². The lowest BCUT2D eigenvalue weighted by Crippen LogP contribution is -2.37. The van der Waals surface area contributed by atoms with E-state index in [1.165, 1.54) is 6.20 Å². The summed E-state index contributed by atoms with van der Waals surface area (Å²) in [6.45, 7) is 2.90. The van der Waals surface area contributed by atoms with Crippen LogP contribution in [0, 0.1) is 5.82 Å². The van der Waals surface area contributed by atoms with Gasteiger partial charge in [-0.1, -0.05) is 12.1 Å². The minimum Gasteiger partial charge on any atom is -0.394 e. The van der Waals surface area contributed by atoms with Crippen LogP contribution < -0.4 is 4.90 Å². The SMILES string of the molecule is O=C(c1ccc(-c2ncc(F)c(N3CCOCC3)n2)cc1)N1CCC[C@H]1CO. The van der Waals surface area contributed by atoms with Crippen LogP contribution in [0.25, 0.3) is 11.4 Å². The van der Waals surface area contributed by atoms with Crippen LogP contribution in [0.2, 0.25) is 0 Å². The van der Waals surface area contributed by atoms with Crippen molar-refractivity contribution < 1.29 is 19.0 Å². The third kappa shape index (κ3) is 3.70. The number of morpholine rings is 1. The normalized spacial score (nSPS) is 19.9. The highest BCUT2D eigenvalue weighted by molar-refractivity contribution is 5.95. The molecule has 2 fully saturated rings. The molecule has 0 radical (unpaired) electrons. The predicted octanol–water partition coefficient (Wildman–Crippen LogP) is 1.72. The van der Waals surface area contributed by atoms with Crippen LogP contribution in [0.1, 0.15) is 23.2 Å². The maximum Gasteiger partial charge on any atom is 0.254 e. The number of anilines is 1. The summed E-state index contributed by atoms with van der Waals surface area (Å²) in [5.74, 6) is 0.145. The lowest BCUT2D eigenvalue weighted by atomic mass is 10.1. The van der Waals surface area contributed by atoms with Gasteiger partial charge in [0.05, 0.1) is 32.1 Å². The number of carbonyl (C=O) groups is 1. The predicted molar refractivity (Wildman–Crippen MR) is 102 cm³/mol. The van der Waals surface area contributed by atoms with Gasteiger partial charge in [0.2, 0.25) is 0 Å². The molecule has 0 aliphatic carbocycles. The average molecular weight is 386 g/mol. The Morgan fingerprint density at radius 3 is 2.68 bits per heavy atom. The maximum atomic E-state index is 14.2. The molecule has 1 amide bonds. The monoisotopic (exact) mass is 386 g/mol. The van der Waals surface area contributed by atoms with Crippen molar-refractivity contribution in [1.82, 2.24) is 14.9 Å². The van der Waals surface area contributed by atoms with Crippen molar-refractivity contribution in [2.45, 2.75) is 18.9 Å². The number of likely N-dealkylation sites (tertiary alicyclic amines) is 1. The van der Waals surface area contributed by atoms with Gasteiger partial charge < -0.3 is 19.6 Å². The zero-order valence-corrected chi connectivity index (χ0v) is 15.6. The van der Waals surface area contributed by atoms with Crippen LogP contribution in [0.15, 0.2) is 30.5 Å². The maximum absolute atomic E-state index is 14.2. The van der Waals surface area contributed by atoms with E-state index in [2.05, 4.69) is 9.97 Å². The molecule has 0 unspecified atom stereocenters. The molecule has 0 spiro atoms. The van der Waals surface area contributed by atoms with Crippen LogP contribution >= 0.6 is 0 Å². The van der Waals surface area contributed by atoms with Crippen LogP contribution in [0.4, 0.5) is 10.2 Å². The van der Waals surface area contributed by atoms with E-state index in [4.69, 9.17) is 4.74 Å². The molecule has 1 atom stereocenters. The fourth-order valence-corrected chi connectivity index (χ4v) is 3.71. The highest BCUT2D eigenvalue weighted by Gasteiger charge is 2.28. The van der Waals surface area contributed by atoms with Crippen LogP contribution in [0.5, 0.6) is 0 Å². The molecule has 7 nitrogen and oxygen atoms in total. The van der Waals surface area contributed by atoms with E-state index in [1.807, 2.05) is 4.90 Å². The average Bonchev–Trinajstić information content (AvgIpc) is 3.23. The second kappa shape index (κ2) is 8.20. The van der Waals surface area contributed by atoms with Crippen LogP contribution in [0.3, 0.4) is 0 Å². The smallest absolute Gasteiger partial charge is 0.254 e. The molecule has 0 saturated carbocycles. The van der Waals surface area contributed by atoms with E-state index in [-0.39, 0.29) is 24.4 Å². The molecule has 2 aromatic rings. The summed E-state index contributed by atoms with van der Waals surface area (Å²) in [6, 6.07) is 6.89. The van der Waals surface area contributed by atoms with Gasteiger partial charge in [-0.15, -0.1) is 0 Å². The topological polar surface area (TPSA) is 78.8 Å². The van der Waals surface area contributed by atoms with Crippen LogP contribution in [-0.2, 0) is 4.74 Å². The van der Waals surface area contributed by atoms with Crippen molar-refractivity contribution in [3.05, 3.63) is 41.8 Å². The van der Waals surface area contributed by atoms with Gasteiger partial charge in [-0.05, 0) is 25.0 Å². The first-order valence-electron chi connectivity index (χ1n) is 9.55. The zero-order valence-electron chi connectivity index (χ0n) is 15.6. The number of carbonyl (C=O) groups excluding carboxylic acids is 1. The Morgan fingerprint density at radius 2 is 1.96 bits per heavy atom. The summed E-state index contributed by atoms with van der Waals surface area (Å²) in [5, 5.41) is 9.43. The van der Waals surface area contributed by atoms with E-state index in [1.54, 1.807) is 29.2 Å². The molecule has 2 aliphatic rings. The van der Waals surface area contributed by atoms with Gasteiger partial charge in [-0.25, -0.2) is 14.4 Å². The molecule has 148 valence electrons. The molecule has 1 aromatic carbocycles. The molecule has 3 heterocycles. The Bertz CT molecular complexity index is 840. The number of aliphatic hydroxyl groups is 1. The first kappa shape index (κ1) is 18.8. The largest absolute Gasteiger partial charge is 0.394 e. The van der Waals surface area contributed by atoms with E-state index in [9.17, 15) is 14.3 Å². The van der Waals surface area contributed by atoms with Crippen molar-refractivity contribution >= 4 is 11.7 Å². The minimum atomic E-state index is -0.457. The summed E-state index contributed by atoms with van der Waals surface area (Å²) in [7, 11) is 0. The lowest BCUT2D eigenvalue weighted by Gasteiger charge is -2.28. The summed E-state index contributed by atoms with van der Waals surface area (Å²) in [4.78, 5) is 24.8. The summed E-state index contributed by atoms with van der Waals surface area (Å²) >= 11 is 0. The highest BCUT2D eigenvalue weighted by Crippen LogP contribution is 2.24. The first-order valence-corrected chi connectivity index (χ1v) is 9.55.